The Hall–Kier alpha value is 0.600. The molecule has 18 heavy (non-hydrogen) atoms. The summed E-state index contributed by atoms with van der Waals surface area (Å²) in [6.07, 6.45) is 0. The zero-order chi connectivity index (χ0) is 14.3. The Balaban J connectivity index is 4.86. The molecular weight excluding hydrogens is 320 g/mol. The van der Waals surface area contributed by atoms with Crippen molar-refractivity contribution in [1.82, 2.24) is 0 Å². The molecule has 10 heteroatoms. The van der Waals surface area contributed by atoms with Crippen LogP contribution in [0, 0.1) is 0 Å². The summed E-state index contributed by atoms with van der Waals surface area (Å²) in [5, 5.41) is 0. The van der Waals surface area contributed by atoms with Gasteiger partial charge in [0.15, 0.2) is 6.66 Å². The minimum absolute atomic E-state index is 0.000246. The number of rotatable bonds is 9. The van der Waals surface area contributed by atoms with Gasteiger partial charge in [-0.15, -0.1) is 16.1 Å². The molecule has 106 valence electrons. The van der Waals surface area contributed by atoms with Gasteiger partial charge in [-0.05, 0) is 11.5 Å². The Bertz CT molecular complexity index is 350. The highest BCUT2D eigenvalue weighted by Crippen LogP contribution is 2.57. The molecule has 0 spiro atoms. The minimum Gasteiger partial charge on any atom is -0.305 e. The highest BCUT2D eigenvalue weighted by molar-refractivity contribution is 7.56. The van der Waals surface area contributed by atoms with Crippen molar-refractivity contribution < 1.29 is 27.3 Å². The average molecular weight is 339 g/mol. The van der Waals surface area contributed by atoms with Crippen LogP contribution in [0.1, 0.15) is 13.8 Å². The van der Waals surface area contributed by atoms with E-state index in [0.717, 1.165) is 0 Å². The van der Waals surface area contributed by atoms with Crippen LogP contribution in [-0.2, 0) is 27.3 Å². The van der Waals surface area contributed by atoms with Crippen molar-refractivity contribution in [3.05, 3.63) is 0 Å². The van der Waals surface area contributed by atoms with Crippen molar-refractivity contribution in [3.8, 4) is 0 Å². The van der Waals surface area contributed by atoms with E-state index >= 15 is 0 Å². The number of alkyl halides is 1. The summed E-state index contributed by atoms with van der Waals surface area (Å²) in [6.45, 7) is 5.74. The highest BCUT2D eigenvalue weighted by atomic mass is 35.5. The van der Waals surface area contributed by atoms with Crippen LogP contribution in [-0.4, -0.2) is 37.5 Å². The first-order valence-electron chi connectivity index (χ1n) is 5.19. The Kier molecular flexibility index (Phi) is 9.00. The minimum atomic E-state index is -3.67. The summed E-state index contributed by atoms with van der Waals surface area (Å²) >= 11 is 5.46. The third-order valence-corrected chi connectivity index (χ3v) is 6.28. The maximum atomic E-state index is 12.4. The van der Waals surface area contributed by atoms with E-state index in [1.54, 1.807) is 0 Å². The molecule has 0 fully saturated rings. The SMILES string of the molecule is CC(OP(=O)(OCCCl)C(C)O[P+](C)=O)[P+](C)=O. The van der Waals surface area contributed by atoms with Crippen LogP contribution in [0.2, 0.25) is 0 Å². The zero-order valence-corrected chi connectivity index (χ0v) is 14.2. The second kappa shape index (κ2) is 8.71. The molecule has 0 aromatic rings. The molecule has 5 atom stereocenters. The molecule has 0 aliphatic carbocycles. The monoisotopic (exact) mass is 338 g/mol. The predicted octanol–water partition coefficient (Wildman–Crippen LogP) is 3.99. The molecule has 0 amide bonds. The second-order valence-electron chi connectivity index (χ2n) is 3.46. The molecule has 0 saturated heterocycles. The van der Waals surface area contributed by atoms with Crippen molar-refractivity contribution in [2.45, 2.75) is 25.5 Å². The molecule has 0 rings (SSSR count). The fourth-order valence-electron chi connectivity index (χ4n) is 0.934. The van der Waals surface area contributed by atoms with Crippen molar-refractivity contribution >= 4 is 35.0 Å². The van der Waals surface area contributed by atoms with Crippen LogP contribution in [0.4, 0.5) is 0 Å². The standard InChI is InChI=1S/C8H18ClO6P3/c1-7(16(3)10)15-18(12,13-6-5-9)8(2)14-17(4)11/h7-8H,5-6H2,1-4H3/q+2. The summed E-state index contributed by atoms with van der Waals surface area (Å²) in [6, 6.07) is 0. The van der Waals surface area contributed by atoms with Crippen LogP contribution in [0.25, 0.3) is 0 Å². The lowest BCUT2D eigenvalue weighted by molar-refractivity contribution is 0.161. The van der Waals surface area contributed by atoms with Gasteiger partial charge in [-0.1, -0.05) is 4.57 Å². The van der Waals surface area contributed by atoms with Crippen LogP contribution in [0.15, 0.2) is 0 Å². The average Bonchev–Trinajstić information content (AvgIpc) is 2.25. The van der Waals surface area contributed by atoms with E-state index < -0.39 is 35.1 Å². The molecule has 0 heterocycles. The normalized spacial score (nSPS) is 19.8. The van der Waals surface area contributed by atoms with Gasteiger partial charge in [0.1, 0.15) is 6.66 Å². The second-order valence-corrected chi connectivity index (χ2v) is 9.02. The first-order valence-corrected chi connectivity index (χ1v) is 10.7. The van der Waals surface area contributed by atoms with Gasteiger partial charge in [0.25, 0.3) is 5.85 Å². The van der Waals surface area contributed by atoms with Crippen LogP contribution >= 0.6 is 35.0 Å². The van der Waals surface area contributed by atoms with Crippen LogP contribution in [0.3, 0.4) is 0 Å². The van der Waals surface area contributed by atoms with E-state index in [2.05, 4.69) is 0 Å². The Morgan fingerprint density at radius 2 is 1.83 bits per heavy atom. The molecule has 0 aliphatic heterocycles. The molecule has 0 saturated carbocycles. The van der Waals surface area contributed by atoms with Gasteiger partial charge < -0.3 is 4.52 Å². The van der Waals surface area contributed by atoms with Gasteiger partial charge in [0, 0.05) is 12.8 Å². The van der Waals surface area contributed by atoms with Gasteiger partial charge in [0.05, 0.1) is 6.61 Å². The fourth-order valence-corrected chi connectivity index (χ4v) is 4.55. The highest BCUT2D eigenvalue weighted by Gasteiger charge is 2.43. The van der Waals surface area contributed by atoms with Gasteiger partial charge in [-0.2, -0.15) is 0 Å². The number of hydrogen-bond acceptors (Lipinski definition) is 6. The predicted molar refractivity (Wildman–Crippen MR) is 72.4 cm³/mol. The molecule has 0 aromatic heterocycles. The zero-order valence-electron chi connectivity index (χ0n) is 10.7. The molecular formula is C8H18ClO6P3+2. The van der Waals surface area contributed by atoms with Crippen LogP contribution in [0.5, 0.6) is 0 Å². The van der Waals surface area contributed by atoms with Crippen molar-refractivity contribution in [1.29, 1.82) is 0 Å². The van der Waals surface area contributed by atoms with Gasteiger partial charge in [-0.25, -0.2) is 0 Å². The lowest BCUT2D eigenvalue weighted by atomic mass is 10.9. The lowest BCUT2D eigenvalue weighted by Crippen LogP contribution is -2.15. The molecule has 0 N–H and O–H groups in total. The van der Waals surface area contributed by atoms with E-state index in [4.69, 9.17) is 25.2 Å². The van der Waals surface area contributed by atoms with Crippen LogP contribution < -0.4 is 0 Å². The smallest absolute Gasteiger partial charge is 0.305 e. The van der Waals surface area contributed by atoms with E-state index in [1.807, 2.05) is 0 Å². The van der Waals surface area contributed by atoms with Crippen molar-refractivity contribution in [3.63, 3.8) is 0 Å². The quantitative estimate of drug-likeness (QED) is 0.467. The Labute approximate surface area is 114 Å². The number of hydrogen-bond donors (Lipinski definition) is 0. The van der Waals surface area contributed by atoms with E-state index in [-0.39, 0.29) is 12.5 Å². The molecule has 0 bridgehead atoms. The Morgan fingerprint density at radius 1 is 1.28 bits per heavy atom. The van der Waals surface area contributed by atoms with Crippen molar-refractivity contribution in [2.75, 3.05) is 25.8 Å². The summed E-state index contributed by atoms with van der Waals surface area (Å²) in [5.41, 5.74) is 0. The van der Waals surface area contributed by atoms with Gasteiger partial charge in [-0.3, -0.25) is 9.09 Å². The van der Waals surface area contributed by atoms with Gasteiger partial charge in [0.2, 0.25) is 5.85 Å². The maximum absolute atomic E-state index is 12.4. The summed E-state index contributed by atoms with van der Waals surface area (Å²) in [5.74, 6) is -1.63. The molecule has 5 unspecified atom stereocenters. The van der Waals surface area contributed by atoms with E-state index in [9.17, 15) is 13.7 Å². The summed E-state index contributed by atoms with van der Waals surface area (Å²) in [4.78, 5) is 0. The third-order valence-electron chi connectivity index (χ3n) is 1.91. The van der Waals surface area contributed by atoms with Crippen molar-refractivity contribution in [2.24, 2.45) is 0 Å². The third kappa shape index (κ3) is 6.68. The van der Waals surface area contributed by atoms with Gasteiger partial charge >= 0.3 is 23.4 Å². The maximum Gasteiger partial charge on any atom is 0.505 e. The molecule has 0 aromatic carbocycles. The first-order chi connectivity index (χ1) is 8.23. The molecule has 6 nitrogen and oxygen atoms in total. The fraction of sp³-hybridized carbons (Fsp3) is 1.00. The van der Waals surface area contributed by atoms with E-state index in [1.165, 1.54) is 27.2 Å². The lowest BCUT2D eigenvalue weighted by Gasteiger charge is -2.20. The van der Waals surface area contributed by atoms with E-state index in [0.29, 0.717) is 0 Å². The first kappa shape index (κ1) is 18.6. The largest absolute Gasteiger partial charge is 0.505 e. The Morgan fingerprint density at radius 3 is 2.22 bits per heavy atom. The number of halogens is 1. The summed E-state index contributed by atoms with van der Waals surface area (Å²) in [7, 11) is -7.28. The summed E-state index contributed by atoms with van der Waals surface area (Å²) < 4.78 is 49.9. The molecule has 0 radical (unpaired) electrons. The molecule has 0 aliphatic rings. The topological polar surface area (TPSA) is 78.9 Å².